The molecule has 0 saturated heterocycles. The second kappa shape index (κ2) is 5.36. The van der Waals surface area contributed by atoms with Crippen molar-refractivity contribution in [3.05, 3.63) is 35.9 Å². The first-order valence-corrected chi connectivity index (χ1v) is 6.46. The maximum absolute atomic E-state index is 6.04. The first-order valence-electron chi connectivity index (χ1n) is 6.46. The lowest BCUT2D eigenvalue weighted by molar-refractivity contribution is 0.244. The maximum atomic E-state index is 6.04. The Hall–Kier alpha value is -1.61. The zero-order valence-electron chi connectivity index (χ0n) is 11.4. The van der Waals surface area contributed by atoms with Crippen molar-refractivity contribution in [1.82, 2.24) is 9.88 Å². The number of nitrogens with two attached hydrogens (primary N) is 1. The number of hydrogen-bond donors (Lipinski definition) is 1. The van der Waals surface area contributed by atoms with Crippen LogP contribution in [0.1, 0.15) is 25.8 Å². The maximum Gasteiger partial charge on any atom is 0.128 e. The first kappa shape index (κ1) is 12.8. The molecule has 0 spiro atoms. The molecule has 1 aromatic heterocycles. The molecule has 0 fully saturated rings. The average molecular weight is 243 g/mol. The molecule has 3 nitrogen and oxygen atoms in total. The Balaban J connectivity index is 2.30. The lowest BCUT2D eigenvalue weighted by Gasteiger charge is -2.24. The number of nitrogens with zero attached hydrogens (tertiary/aromatic N) is 2. The third-order valence-electron chi connectivity index (χ3n) is 3.60. The number of anilines is 1. The van der Waals surface area contributed by atoms with E-state index in [1.165, 1.54) is 0 Å². The Kier molecular flexibility index (Phi) is 3.82. The molecule has 2 N–H and O–H groups in total. The molecular weight excluding hydrogens is 222 g/mol. The summed E-state index contributed by atoms with van der Waals surface area (Å²) in [7, 11) is 2.13. The third-order valence-corrected chi connectivity index (χ3v) is 3.60. The Labute approximate surface area is 109 Å². The van der Waals surface area contributed by atoms with E-state index in [-0.39, 0.29) is 0 Å². The molecule has 1 atom stereocenters. The number of hydrogen-bond acceptors (Lipinski definition) is 3. The molecule has 0 aliphatic carbocycles. The van der Waals surface area contributed by atoms with Crippen LogP contribution in [-0.4, -0.2) is 23.0 Å². The summed E-state index contributed by atoms with van der Waals surface area (Å²) >= 11 is 0. The van der Waals surface area contributed by atoms with Crippen LogP contribution in [0.3, 0.4) is 0 Å². The summed E-state index contributed by atoms with van der Waals surface area (Å²) in [6, 6.07) is 10.8. The topological polar surface area (TPSA) is 42.2 Å². The predicted molar refractivity (Wildman–Crippen MR) is 77.4 cm³/mol. The molecular formula is C15H21N3. The van der Waals surface area contributed by atoms with Crippen molar-refractivity contribution in [2.45, 2.75) is 32.9 Å². The highest BCUT2D eigenvalue weighted by Crippen LogP contribution is 2.20. The Morgan fingerprint density at radius 2 is 2.06 bits per heavy atom. The molecule has 1 unspecified atom stereocenters. The lowest BCUT2D eigenvalue weighted by atomic mass is 10.1. The van der Waals surface area contributed by atoms with Gasteiger partial charge < -0.3 is 5.73 Å². The van der Waals surface area contributed by atoms with Gasteiger partial charge >= 0.3 is 0 Å². The van der Waals surface area contributed by atoms with Gasteiger partial charge in [0.05, 0.1) is 5.52 Å². The summed E-state index contributed by atoms with van der Waals surface area (Å²) in [5.74, 6) is 0.642. The van der Waals surface area contributed by atoms with E-state index in [0.717, 1.165) is 29.4 Å². The monoisotopic (exact) mass is 243 g/mol. The van der Waals surface area contributed by atoms with E-state index in [0.29, 0.717) is 11.9 Å². The molecule has 18 heavy (non-hydrogen) atoms. The SMILES string of the molecule is CCC(C)N(C)Cc1cc2ccccc2nc1N. The highest BCUT2D eigenvalue weighted by molar-refractivity contribution is 5.81. The summed E-state index contributed by atoms with van der Waals surface area (Å²) in [5.41, 5.74) is 8.11. The fourth-order valence-electron chi connectivity index (χ4n) is 2.04. The van der Waals surface area contributed by atoms with Crippen molar-refractivity contribution in [2.24, 2.45) is 0 Å². The zero-order chi connectivity index (χ0) is 13.1. The van der Waals surface area contributed by atoms with E-state index < -0.39 is 0 Å². The summed E-state index contributed by atoms with van der Waals surface area (Å²) in [4.78, 5) is 6.77. The van der Waals surface area contributed by atoms with Gasteiger partial charge in [-0.05, 0) is 32.5 Å². The van der Waals surface area contributed by atoms with E-state index in [9.17, 15) is 0 Å². The summed E-state index contributed by atoms with van der Waals surface area (Å²) in [6.07, 6.45) is 1.14. The number of rotatable bonds is 4. The second-order valence-electron chi connectivity index (χ2n) is 4.90. The van der Waals surface area contributed by atoms with Crippen molar-refractivity contribution in [3.8, 4) is 0 Å². The highest BCUT2D eigenvalue weighted by atomic mass is 15.1. The van der Waals surface area contributed by atoms with Crippen LogP contribution in [0.15, 0.2) is 30.3 Å². The van der Waals surface area contributed by atoms with Gasteiger partial charge in [0.2, 0.25) is 0 Å². The lowest BCUT2D eigenvalue weighted by Crippen LogP contribution is -2.28. The Bertz CT molecular complexity index is 536. The first-order chi connectivity index (χ1) is 8.61. The third kappa shape index (κ3) is 2.62. The molecule has 1 heterocycles. The summed E-state index contributed by atoms with van der Waals surface area (Å²) < 4.78 is 0. The molecule has 0 amide bonds. The van der Waals surface area contributed by atoms with Gasteiger partial charge in [-0.3, -0.25) is 4.90 Å². The van der Waals surface area contributed by atoms with Crippen LogP contribution >= 0.6 is 0 Å². The van der Waals surface area contributed by atoms with Crippen molar-refractivity contribution < 1.29 is 0 Å². The molecule has 3 heteroatoms. The van der Waals surface area contributed by atoms with Gasteiger partial charge in [0, 0.05) is 23.5 Å². The summed E-state index contributed by atoms with van der Waals surface area (Å²) in [6.45, 7) is 5.27. The molecule has 0 radical (unpaired) electrons. The number of benzene rings is 1. The van der Waals surface area contributed by atoms with Crippen LogP contribution in [-0.2, 0) is 6.54 Å². The van der Waals surface area contributed by atoms with E-state index in [1.807, 2.05) is 18.2 Å². The van der Waals surface area contributed by atoms with Crippen LogP contribution in [0.2, 0.25) is 0 Å². The van der Waals surface area contributed by atoms with Gasteiger partial charge in [0.15, 0.2) is 0 Å². The molecule has 0 saturated carbocycles. The minimum absolute atomic E-state index is 0.552. The Morgan fingerprint density at radius 1 is 1.33 bits per heavy atom. The molecule has 0 aliphatic rings. The minimum atomic E-state index is 0.552. The number of nitrogen functional groups attached to an aromatic ring is 1. The van der Waals surface area contributed by atoms with Crippen LogP contribution in [0.5, 0.6) is 0 Å². The fraction of sp³-hybridized carbons (Fsp3) is 0.400. The van der Waals surface area contributed by atoms with Crippen LogP contribution in [0, 0.1) is 0 Å². The van der Waals surface area contributed by atoms with Gasteiger partial charge in [-0.2, -0.15) is 0 Å². The van der Waals surface area contributed by atoms with E-state index in [2.05, 4.69) is 42.9 Å². The molecule has 2 aromatic rings. The van der Waals surface area contributed by atoms with Gasteiger partial charge in [0.1, 0.15) is 5.82 Å². The second-order valence-corrected chi connectivity index (χ2v) is 4.90. The van der Waals surface area contributed by atoms with E-state index in [4.69, 9.17) is 5.73 Å². The van der Waals surface area contributed by atoms with Crippen molar-refractivity contribution >= 4 is 16.7 Å². The quantitative estimate of drug-likeness (QED) is 0.897. The van der Waals surface area contributed by atoms with Gasteiger partial charge in [-0.15, -0.1) is 0 Å². The number of aromatic nitrogens is 1. The molecule has 96 valence electrons. The smallest absolute Gasteiger partial charge is 0.128 e. The average Bonchev–Trinajstić information content (AvgIpc) is 2.38. The van der Waals surface area contributed by atoms with Gasteiger partial charge in [0.25, 0.3) is 0 Å². The summed E-state index contributed by atoms with van der Waals surface area (Å²) in [5, 5.41) is 1.15. The molecule has 0 bridgehead atoms. The normalized spacial score (nSPS) is 13.1. The minimum Gasteiger partial charge on any atom is -0.383 e. The predicted octanol–water partition coefficient (Wildman–Crippen LogP) is 3.05. The number of fused-ring (bicyclic) bond motifs is 1. The highest BCUT2D eigenvalue weighted by Gasteiger charge is 2.10. The number of para-hydroxylation sites is 1. The van der Waals surface area contributed by atoms with Crippen LogP contribution in [0.4, 0.5) is 5.82 Å². The zero-order valence-corrected chi connectivity index (χ0v) is 11.4. The van der Waals surface area contributed by atoms with Gasteiger partial charge in [-0.1, -0.05) is 25.1 Å². The molecule has 0 aliphatic heterocycles. The molecule has 1 aromatic carbocycles. The van der Waals surface area contributed by atoms with E-state index >= 15 is 0 Å². The van der Waals surface area contributed by atoms with Crippen molar-refractivity contribution in [3.63, 3.8) is 0 Å². The molecule has 2 rings (SSSR count). The van der Waals surface area contributed by atoms with Crippen molar-refractivity contribution in [1.29, 1.82) is 0 Å². The van der Waals surface area contributed by atoms with E-state index in [1.54, 1.807) is 0 Å². The van der Waals surface area contributed by atoms with Crippen LogP contribution < -0.4 is 5.73 Å². The fourth-order valence-corrected chi connectivity index (χ4v) is 2.04. The largest absolute Gasteiger partial charge is 0.383 e. The van der Waals surface area contributed by atoms with Gasteiger partial charge in [-0.25, -0.2) is 4.98 Å². The number of pyridine rings is 1. The standard InChI is InChI=1S/C15H21N3/c1-4-11(2)18(3)10-13-9-12-7-5-6-8-14(12)17-15(13)16/h5-9,11H,4,10H2,1-3H3,(H2,16,17). The Morgan fingerprint density at radius 3 is 2.78 bits per heavy atom. The van der Waals surface area contributed by atoms with Crippen molar-refractivity contribution in [2.75, 3.05) is 12.8 Å². The van der Waals surface area contributed by atoms with Crippen LogP contribution in [0.25, 0.3) is 10.9 Å².